The fourth-order valence-corrected chi connectivity index (χ4v) is 8.95. The largest absolute Gasteiger partial charge is 0.415 e. The zero-order valence-electron chi connectivity index (χ0n) is 33.1. The zero-order chi connectivity index (χ0) is 44.3. The zero-order valence-corrected chi connectivity index (χ0v) is 34.8. The summed E-state index contributed by atoms with van der Waals surface area (Å²) in [5.74, 6) is -1.41. The van der Waals surface area contributed by atoms with Gasteiger partial charge in [-0.05, 0) is 85.0 Å². The Morgan fingerprint density at radius 1 is 0.710 bits per heavy atom. The second-order valence-corrected chi connectivity index (χ2v) is 17.9. The van der Waals surface area contributed by atoms with Crippen molar-refractivity contribution in [3.8, 4) is 22.9 Å². The molecule has 0 amide bonds. The van der Waals surface area contributed by atoms with Gasteiger partial charge in [0.25, 0.3) is 21.8 Å². The van der Waals surface area contributed by atoms with E-state index in [-0.39, 0.29) is 43.1 Å². The molecule has 0 spiro atoms. The molecule has 7 rings (SSSR count). The molecule has 6 aromatic rings. The molecule has 14 nitrogen and oxygen atoms in total. The van der Waals surface area contributed by atoms with Crippen LogP contribution in [0.15, 0.2) is 130 Å². The standard InChI is InChI=1S/C24H28F2N4O4S.C18H15F2N3O3S/c25-22(26)24-28-27-23(34-24)20-10-8-18(9-11-20)16-30(21-6-2-1-3-7-21)35(32,33)14-13-29-12-4-5-19(15-29)17-31;1-2-27(24,25)23(15-6-4-3-5-7-15)12-13-8-10-14(11-9-13)17-21-22-18(26-17)16(19)20/h1-3,6-11,19,22,31H,4-5,12-17H2;2-11,16H,1,12H2. The highest BCUT2D eigenvalue weighted by Gasteiger charge is 2.27. The fraction of sp³-hybridized carbons (Fsp3) is 0.286. The number of hydrogen-bond donors (Lipinski definition) is 1. The first-order valence-corrected chi connectivity index (χ1v) is 22.4. The number of aromatic nitrogens is 4. The lowest BCUT2D eigenvalue weighted by Crippen LogP contribution is -2.42. The van der Waals surface area contributed by atoms with Gasteiger partial charge in [0.1, 0.15) is 0 Å². The molecule has 1 atom stereocenters. The molecule has 4 aromatic carbocycles. The number of para-hydroxylation sites is 2. The van der Waals surface area contributed by atoms with Crippen LogP contribution >= 0.6 is 0 Å². The summed E-state index contributed by atoms with van der Waals surface area (Å²) in [7, 11) is -7.37. The Labute approximate surface area is 356 Å². The van der Waals surface area contributed by atoms with E-state index in [0.717, 1.165) is 24.8 Å². The first kappa shape index (κ1) is 45.6. The van der Waals surface area contributed by atoms with Crippen molar-refractivity contribution in [3.05, 3.63) is 144 Å². The van der Waals surface area contributed by atoms with Crippen molar-refractivity contribution in [1.82, 2.24) is 25.3 Å². The second-order valence-electron chi connectivity index (χ2n) is 14.1. The summed E-state index contributed by atoms with van der Waals surface area (Å²) in [6.45, 7) is 5.58. The number of aliphatic hydroxyl groups is 1. The van der Waals surface area contributed by atoms with E-state index in [4.69, 9.17) is 8.83 Å². The summed E-state index contributed by atoms with van der Waals surface area (Å²) in [5.41, 5.74) is 3.37. The molecule has 0 saturated carbocycles. The van der Waals surface area contributed by atoms with Crippen molar-refractivity contribution in [3.63, 3.8) is 0 Å². The van der Waals surface area contributed by atoms with Gasteiger partial charge in [-0.2, -0.15) is 17.6 Å². The van der Waals surface area contributed by atoms with E-state index in [2.05, 4.69) is 31.9 Å². The van der Waals surface area contributed by atoms with E-state index in [1.54, 1.807) is 103 Å². The number of alkyl halides is 4. The van der Waals surface area contributed by atoms with Crippen LogP contribution in [0.4, 0.5) is 28.9 Å². The van der Waals surface area contributed by atoms with Crippen LogP contribution in [0.2, 0.25) is 0 Å². The molecule has 2 aromatic heterocycles. The Bertz CT molecular complexity index is 2570. The van der Waals surface area contributed by atoms with E-state index in [0.29, 0.717) is 46.7 Å². The highest BCUT2D eigenvalue weighted by molar-refractivity contribution is 7.95. The Morgan fingerprint density at radius 3 is 1.61 bits per heavy atom. The topological polar surface area (TPSA) is 176 Å². The van der Waals surface area contributed by atoms with Crippen LogP contribution in [0.5, 0.6) is 0 Å². The third kappa shape index (κ3) is 11.9. The lowest BCUT2D eigenvalue weighted by atomic mass is 9.99. The average Bonchev–Trinajstić information content (AvgIpc) is 4.00. The minimum Gasteiger partial charge on any atom is -0.415 e. The Kier molecular flexibility index (Phi) is 15.2. The molecule has 20 heteroatoms. The second kappa shape index (κ2) is 20.7. The SMILES string of the molecule is C=CS(=O)(=O)N(Cc1ccc(-c2nnc(C(F)F)o2)cc1)c1ccccc1.O=S(=O)(CCN1CCCC(CO)C1)N(Cc1ccc(-c2nnc(C(F)F)o2)cc1)c1ccccc1. The minimum absolute atomic E-state index is 0.0258. The predicted molar refractivity (Wildman–Crippen MR) is 224 cm³/mol. The Hall–Kier alpha value is -5.96. The lowest BCUT2D eigenvalue weighted by Gasteiger charge is -2.32. The van der Waals surface area contributed by atoms with Gasteiger partial charge >= 0.3 is 12.9 Å². The van der Waals surface area contributed by atoms with Gasteiger partial charge in [-0.1, -0.05) is 67.2 Å². The molecular formula is C42H43F4N7O7S2. The number of benzene rings is 4. The third-order valence-corrected chi connectivity index (χ3v) is 12.9. The van der Waals surface area contributed by atoms with Crippen molar-refractivity contribution in [1.29, 1.82) is 0 Å². The van der Waals surface area contributed by atoms with Gasteiger partial charge in [0, 0.05) is 36.2 Å². The van der Waals surface area contributed by atoms with Crippen LogP contribution in [0.3, 0.4) is 0 Å². The number of aliphatic hydroxyl groups excluding tert-OH is 1. The van der Waals surface area contributed by atoms with Gasteiger partial charge in [-0.25, -0.2) is 16.8 Å². The van der Waals surface area contributed by atoms with Crippen molar-refractivity contribution in [2.75, 3.05) is 40.6 Å². The molecule has 62 heavy (non-hydrogen) atoms. The summed E-state index contributed by atoms with van der Waals surface area (Å²) in [6, 6.07) is 30.7. The first-order valence-electron chi connectivity index (χ1n) is 19.3. The highest BCUT2D eigenvalue weighted by atomic mass is 32.2. The monoisotopic (exact) mass is 897 g/mol. The number of anilines is 2. The number of nitrogens with zero attached hydrogens (tertiary/aromatic N) is 7. The van der Waals surface area contributed by atoms with Gasteiger partial charge in [-0.3, -0.25) is 8.61 Å². The Morgan fingerprint density at radius 2 is 1.18 bits per heavy atom. The van der Waals surface area contributed by atoms with E-state index in [1.807, 2.05) is 6.07 Å². The number of halogens is 4. The number of sulfonamides is 2. The maximum Gasteiger partial charge on any atom is 0.314 e. The van der Waals surface area contributed by atoms with Crippen LogP contribution in [0, 0.1) is 5.92 Å². The minimum atomic E-state index is -3.71. The number of piperidine rings is 1. The smallest absolute Gasteiger partial charge is 0.314 e. The van der Waals surface area contributed by atoms with Crippen LogP contribution in [-0.4, -0.2) is 79.2 Å². The third-order valence-electron chi connectivity index (χ3n) is 9.78. The van der Waals surface area contributed by atoms with Crippen molar-refractivity contribution in [2.45, 2.75) is 38.8 Å². The normalized spacial score (nSPS) is 14.7. The molecule has 0 aliphatic carbocycles. The molecule has 1 aliphatic heterocycles. The van der Waals surface area contributed by atoms with E-state index >= 15 is 0 Å². The van der Waals surface area contributed by atoms with E-state index in [9.17, 15) is 39.5 Å². The predicted octanol–water partition coefficient (Wildman–Crippen LogP) is 7.87. The number of hydrogen-bond acceptors (Lipinski definition) is 12. The fourth-order valence-electron chi connectivity index (χ4n) is 6.53. The van der Waals surface area contributed by atoms with Crippen molar-refractivity contribution in [2.24, 2.45) is 5.92 Å². The van der Waals surface area contributed by atoms with Crippen LogP contribution < -0.4 is 8.61 Å². The summed E-state index contributed by atoms with van der Waals surface area (Å²) < 4.78 is 115. The van der Waals surface area contributed by atoms with Gasteiger partial charge in [-0.15, -0.1) is 20.4 Å². The Balaban J connectivity index is 0.000000214. The van der Waals surface area contributed by atoms with Gasteiger partial charge in [0.05, 0.1) is 30.2 Å². The summed E-state index contributed by atoms with van der Waals surface area (Å²) >= 11 is 0. The number of likely N-dealkylation sites (tertiary alicyclic amines) is 1. The van der Waals surface area contributed by atoms with Crippen molar-refractivity contribution >= 4 is 31.4 Å². The average molecular weight is 898 g/mol. The first-order chi connectivity index (χ1) is 29.8. The molecule has 3 heterocycles. The van der Waals surface area contributed by atoms with Crippen molar-refractivity contribution < 1.29 is 48.3 Å². The van der Waals surface area contributed by atoms with Crippen LogP contribution in [-0.2, 0) is 33.1 Å². The molecular weight excluding hydrogens is 855 g/mol. The van der Waals surface area contributed by atoms with Gasteiger partial charge in [0.2, 0.25) is 21.8 Å². The molecule has 1 saturated heterocycles. The molecule has 0 radical (unpaired) electrons. The molecule has 1 fully saturated rings. The maximum absolute atomic E-state index is 13.4. The molecule has 1 aliphatic rings. The van der Waals surface area contributed by atoms with Gasteiger partial charge < -0.3 is 18.8 Å². The maximum atomic E-state index is 13.4. The number of rotatable bonds is 17. The summed E-state index contributed by atoms with van der Waals surface area (Å²) in [4.78, 5) is 2.10. The quantitative estimate of drug-likeness (QED) is 0.0879. The molecule has 1 N–H and O–H groups in total. The van der Waals surface area contributed by atoms with Crippen LogP contribution in [0.1, 0.15) is 48.6 Å². The van der Waals surface area contributed by atoms with E-state index in [1.165, 1.54) is 8.61 Å². The molecule has 328 valence electrons. The summed E-state index contributed by atoms with van der Waals surface area (Å²) in [5, 5.41) is 24.2. The summed E-state index contributed by atoms with van der Waals surface area (Å²) in [6.07, 6.45) is -3.79. The van der Waals surface area contributed by atoms with Gasteiger partial charge in [0.15, 0.2) is 0 Å². The lowest BCUT2D eigenvalue weighted by molar-refractivity contribution is 0.115. The molecule has 1 unspecified atom stereocenters. The van der Waals surface area contributed by atoms with Crippen LogP contribution in [0.25, 0.3) is 22.9 Å². The highest BCUT2D eigenvalue weighted by Crippen LogP contribution is 2.28. The molecule has 0 bridgehead atoms. The van der Waals surface area contributed by atoms with E-state index < -0.39 is 44.7 Å².